The molecule has 2 aliphatic carbocycles. The summed E-state index contributed by atoms with van der Waals surface area (Å²) in [6.07, 6.45) is 8.76. The molecular weight excluding hydrogens is 649 g/mol. The van der Waals surface area contributed by atoms with E-state index in [0.717, 1.165) is 72.2 Å². The highest BCUT2D eigenvalue weighted by Gasteiger charge is 2.23. The molecule has 5 heterocycles. The van der Waals surface area contributed by atoms with Gasteiger partial charge in [-0.05, 0) is 86.4 Å². The Morgan fingerprint density at radius 1 is 0.833 bits per heavy atom. The summed E-state index contributed by atoms with van der Waals surface area (Å²) in [5.41, 5.74) is 1.50. The zero-order valence-electron chi connectivity index (χ0n) is 26.3. The standard InChI is InChI=1S/C35H34N6O5S2/c42-30(23-16-19-8-1-2-9-20(19)35(45)46-23)36-14-7-15-41(17-26-37-31(43)28-21-10-3-5-12-24(21)47-33(28)39-26)18-27-38-32(44)29-22-11-4-6-13-25(22)48-34(29)40-27/h1-2,8-9,16H,3-7,10-15,17-18H2,(H,36,42)(H,37,39,43)(H,38,40,44). The summed E-state index contributed by atoms with van der Waals surface area (Å²) in [5.74, 6) is 0.574. The second kappa shape index (κ2) is 12.9. The first-order valence-corrected chi connectivity index (χ1v) is 18.1. The van der Waals surface area contributed by atoms with Crippen molar-refractivity contribution in [3.05, 3.63) is 99.7 Å². The number of thiophene rings is 2. The molecule has 11 nitrogen and oxygen atoms in total. The van der Waals surface area contributed by atoms with Gasteiger partial charge in [0, 0.05) is 22.8 Å². The van der Waals surface area contributed by atoms with Gasteiger partial charge in [0.25, 0.3) is 17.0 Å². The maximum atomic E-state index is 13.3. The fourth-order valence-corrected chi connectivity index (χ4v) is 9.60. The summed E-state index contributed by atoms with van der Waals surface area (Å²) in [7, 11) is 0. The van der Waals surface area contributed by atoms with Crippen molar-refractivity contribution >= 4 is 59.8 Å². The molecule has 0 radical (unpaired) electrons. The molecule has 2 aliphatic rings. The molecule has 1 amide bonds. The average molecular weight is 683 g/mol. The third-order valence-corrected chi connectivity index (χ3v) is 11.7. The Labute approximate surface area is 282 Å². The highest BCUT2D eigenvalue weighted by Crippen LogP contribution is 2.34. The van der Waals surface area contributed by atoms with Crippen LogP contribution in [-0.2, 0) is 38.8 Å². The van der Waals surface area contributed by atoms with Crippen molar-refractivity contribution in [2.75, 3.05) is 13.1 Å². The number of aromatic nitrogens is 4. The molecule has 1 aromatic carbocycles. The summed E-state index contributed by atoms with van der Waals surface area (Å²) in [5, 5.41) is 5.34. The van der Waals surface area contributed by atoms with Crippen LogP contribution in [0.25, 0.3) is 31.2 Å². The molecule has 0 spiro atoms. The van der Waals surface area contributed by atoms with Gasteiger partial charge in [-0.15, -0.1) is 22.7 Å². The van der Waals surface area contributed by atoms with E-state index in [9.17, 15) is 19.2 Å². The minimum absolute atomic E-state index is 0.0435. The van der Waals surface area contributed by atoms with Gasteiger partial charge in [-0.1, -0.05) is 18.2 Å². The molecular formula is C35H34N6O5S2. The van der Waals surface area contributed by atoms with Crippen LogP contribution in [0.4, 0.5) is 0 Å². The topological polar surface area (TPSA) is 154 Å². The Kier molecular flexibility index (Phi) is 8.27. The molecule has 6 aromatic rings. The predicted octanol–water partition coefficient (Wildman–Crippen LogP) is 4.97. The van der Waals surface area contributed by atoms with Crippen LogP contribution in [0.3, 0.4) is 0 Å². The van der Waals surface area contributed by atoms with Crippen molar-refractivity contribution in [2.24, 2.45) is 0 Å². The normalized spacial score (nSPS) is 14.5. The third-order valence-electron chi connectivity index (χ3n) is 9.33. The molecule has 246 valence electrons. The van der Waals surface area contributed by atoms with E-state index < -0.39 is 11.5 Å². The molecule has 3 N–H and O–H groups in total. The molecule has 0 unspecified atom stereocenters. The number of H-pyrrole nitrogens is 2. The summed E-state index contributed by atoms with van der Waals surface area (Å²) in [6, 6.07) is 8.55. The van der Waals surface area contributed by atoms with Gasteiger partial charge >= 0.3 is 5.63 Å². The SMILES string of the molecule is O=C(NCCCN(Cc1nc2sc3c(c2c(=O)[nH]1)CCCC3)Cc1nc2sc3c(c2c(=O)[nH]1)CCCC3)c1cc2ccccc2c(=O)o1. The summed E-state index contributed by atoms with van der Waals surface area (Å²) in [4.78, 5) is 73.8. The van der Waals surface area contributed by atoms with E-state index >= 15 is 0 Å². The van der Waals surface area contributed by atoms with E-state index in [1.54, 1.807) is 53.0 Å². The lowest BCUT2D eigenvalue weighted by Gasteiger charge is -2.21. The van der Waals surface area contributed by atoms with Crippen molar-refractivity contribution in [1.82, 2.24) is 30.2 Å². The van der Waals surface area contributed by atoms with Crippen LogP contribution in [0.2, 0.25) is 0 Å². The maximum absolute atomic E-state index is 13.3. The van der Waals surface area contributed by atoms with Gasteiger partial charge in [-0.25, -0.2) is 14.8 Å². The number of nitrogens with one attached hydrogen (secondary N) is 3. The van der Waals surface area contributed by atoms with Crippen molar-refractivity contribution in [3.63, 3.8) is 0 Å². The molecule has 0 fully saturated rings. The van der Waals surface area contributed by atoms with E-state index in [1.165, 1.54) is 9.75 Å². The number of carbonyl (C=O) groups excluding carboxylic acids is 1. The predicted molar refractivity (Wildman–Crippen MR) is 187 cm³/mol. The Balaban J connectivity index is 1.03. The van der Waals surface area contributed by atoms with Gasteiger partial charge in [0.1, 0.15) is 21.3 Å². The fourth-order valence-electron chi connectivity index (χ4n) is 7.04. The van der Waals surface area contributed by atoms with Gasteiger partial charge in [-0.2, -0.15) is 0 Å². The molecule has 0 saturated carbocycles. The summed E-state index contributed by atoms with van der Waals surface area (Å²) >= 11 is 3.23. The molecule has 48 heavy (non-hydrogen) atoms. The van der Waals surface area contributed by atoms with Crippen molar-refractivity contribution in [2.45, 2.75) is 70.9 Å². The van der Waals surface area contributed by atoms with Gasteiger partial charge in [0.05, 0.1) is 29.2 Å². The number of nitrogens with zero attached hydrogens (tertiary/aromatic N) is 3. The van der Waals surface area contributed by atoms with Gasteiger partial charge in [-0.3, -0.25) is 19.3 Å². The fraction of sp³-hybridized carbons (Fsp3) is 0.371. The Morgan fingerprint density at radius 3 is 2.04 bits per heavy atom. The first-order valence-electron chi connectivity index (χ1n) is 16.5. The summed E-state index contributed by atoms with van der Waals surface area (Å²) < 4.78 is 5.28. The number of fused-ring (bicyclic) bond motifs is 7. The van der Waals surface area contributed by atoms with Gasteiger partial charge in [0.15, 0.2) is 5.76 Å². The van der Waals surface area contributed by atoms with Gasteiger partial charge < -0.3 is 19.7 Å². The van der Waals surface area contributed by atoms with Crippen molar-refractivity contribution in [1.29, 1.82) is 0 Å². The lowest BCUT2D eigenvalue weighted by molar-refractivity contribution is 0.0919. The number of benzene rings is 1. The second-order valence-electron chi connectivity index (χ2n) is 12.6. The quantitative estimate of drug-likeness (QED) is 0.181. The Hall–Kier alpha value is -4.46. The van der Waals surface area contributed by atoms with E-state index in [-0.39, 0.29) is 16.9 Å². The number of aryl methyl sites for hydroxylation is 4. The van der Waals surface area contributed by atoms with E-state index in [1.807, 2.05) is 0 Å². The number of aromatic amines is 2. The lowest BCUT2D eigenvalue weighted by Crippen LogP contribution is -2.32. The zero-order valence-corrected chi connectivity index (χ0v) is 27.9. The van der Waals surface area contributed by atoms with Crippen molar-refractivity contribution in [3.8, 4) is 0 Å². The molecule has 8 rings (SSSR count). The van der Waals surface area contributed by atoms with Crippen LogP contribution < -0.4 is 22.1 Å². The smallest absolute Gasteiger partial charge is 0.344 e. The number of amides is 1. The first-order chi connectivity index (χ1) is 23.4. The summed E-state index contributed by atoms with van der Waals surface area (Å²) in [6.45, 7) is 1.47. The number of hydrogen-bond acceptors (Lipinski definition) is 10. The lowest BCUT2D eigenvalue weighted by atomic mass is 9.97. The third kappa shape index (κ3) is 5.90. The van der Waals surface area contributed by atoms with Crippen LogP contribution in [0.15, 0.2) is 49.1 Å². The largest absolute Gasteiger partial charge is 0.417 e. The minimum atomic E-state index is -0.556. The number of rotatable bonds is 9. The van der Waals surface area contributed by atoms with Crippen LogP contribution >= 0.6 is 22.7 Å². The van der Waals surface area contributed by atoms with Gasteiger partial charge in [0.2, 0.25) is 0 Å². The Bertz CT molecular complexity index is 2280. The molecule has 13 heteroatoms. The molecule has 0 atom stereocenters. The average Bonchev–Trinajstić information content (AvgIpc) is 3.65. The van der Waals surface area contributed by atoms with Crippen molar-refractivity contribution < 1.29 is 9.21 Å². The number of carbonyl (C=O) groups is 1. The minimum Gasteiger partial charge on any atom is -0.417 e. The highest BCUT2D eigenvalue weighted by atomic mass is 32.1. The second-order valence-corrected chi connectivity index (χ2v) is 14.8. The maximum Gasteiger partial charge on any atom is 0.344 e. The van der Waals surface area contributed by atoms with Crippen LogP contribution in [0.5, 0.6) is 0 Å². The Morgan fingerprint density at radius 2 is 1.42 bits per heavy atom. The highest BCUT2D eigenvalue weighted by molar-refractivity contribution is 7.19. The van der Waals surface area contributed by atoms with E-state index in [2.05, 4.69) is 20.2 Å². The van der Waals surface area contributed by atoms with Crippen LogP contribution in [0.1, 0.15) is 75.2 Å². The monoisotopic (exact) mass is 682 g/mol. The number of hydrogen-bond donors (Lipinski definition) is 3. The van der Waals surface area contributed by atoms with E-state index in [0.29, 0.717) is 65.8 Å². The zero-order chi connectivity index (χ0) is 32.8. The molecule has 0 aliphatic heterocycles. The molecule has 0 bridgehead atoms. The first kappa shape index (κ1) is 30.8. The molecule has 5 aromatic heterocycles. The molecule has 0 saturated heterocycles. The van der Waals surface area contributed by atoms with Crippen LogP contribution in [-0.4, -0.2) is 43.8 Å². The van der Waals surface area contributed by atoms with E-state index in [4.69, 9.17) is 14.4 Å². The van der Waals surface area contributed by atoms with Crippen LogP contribution in [0, 0.1) is 0 Å².